The average molecular weight is 238 g/mol. The predicted molar refractivity (Wildman–Crippen MR) is 67.7 cm³/mol. The minimum Gasteiger partial charge on any atom is -0.352 e. The van der Waals surface area contributed by atoms with Crippen molar-refractivity contribution in [2.45, 2.75) is 31.7 Å². The summed E-state index contributed by atoms with van der Waals surface area (Å²) >= 11 is 0. The van der Waals surface area contributed by atoms with Crippen molar-refractivity contribution in [1.82, 2.24) is 0 Å². The Labute approximate surface area is 98.8 Å². The van der Waals surface area contributed by atoms with Gasteiger partial charge in [-0.3, -0.25) is 0 Å². The number of benzene rings is 1. The molecule has 2 unspecified atom stereocenters. The molecule has 1 aliphatic heterocycles. The quantitative estimate of drug-likeness (QED) is 0.743. The lowest BCUT2D eigenvalue weighted by molar-refractivity contribution is -0.100. The Morgan fingerprint density at radius 2 is 2.12 bits per heavy atom. The van der Waals surface area contributed by atoms with Gasteiger partial charge in [0.25, 0.3) is 0 Å². The van der Waals surface area contributed by atoms with Gasteiger partial charge in [-0.15, -0.1) is 0 Å². The van der Waals surface area contributed by atoms with Crippen LogP contribution in [0.1, 0.15) is 24.8 Å². The van der Waals surface area contributed by atoms with Crippen molar-refractivity contribution in [1.29, 1.82) is 0 Å². The summed E-state index contributed by atoms with van der Waals surface area (Å²) in [6, 6.07) is 10.5. The zero-order chi connectivity index (χ0) is 11.2. The van der Waals surface area contributed by atoms with Gasteiger partial charge in [-0.25, -0.2) is 0 Å². The van der Waals surface area contributed by atoms with E-state index in [4.69, 9.17) is 9.26 Å². The molecule has 0 spiro atoms. The Morgan fingerprint density at radius 3 is 2.81 bits per heavy atom. The molecule has 1 aromatic carbocycles. The van der Waals surface area contributed by atoms with E-state index in [0.717, 1.165) is 19.2 Å². The van der Waals surface area contributed by atoms with E-state index in [1.807, 2.05) is 6.07 Å². The second-order valence-electron chi connectivity index (χ2n) is 4.17. The first kappa shape index (κ1) is 12.0. The molecular weight excluding hydrogens is 219 g/mol. The van der Waals surface area contributed by atoms with Gasteiger partial charge in [-0.2, -0.15) is 0 Å². The van der Waals surface area contributed by atoms with Crippen molar-refractivity contribution in [2.75, 3.05) is 13.3 Å². The van der Waals surface area contributed by atoms with E-state index in [9.17, 15) is 0 Å². The molecule has 2 atom stereocenters. The molecule has 0 saturated carbocycles. The fourth-order valence-electron chi connectivity index (χ4n) is 1.87. The van der Waals surface area contributed by atoms with Gasteiger partial charge in [0.1, 0.15) is 0 Å². The summed E-state index contributed by atoms with van der Waals surface area (Å²) in [4.78, 5) is 0. The molecule has 88 valence electrons. The highest BCUT2D eigenvalue weighted by atomic mass is 31.1. The average Bonchev–Trinajstić information content (AvgIpc) is 2.31. The molecule has 1 heterocycles. The van der Waals surface area contributed by atoms with E-state index in [2.05, 4.69) is 30.9 Å². The van der Waals surface area contributed by atoms with Crippen molar-refractivity contribution in [3.05, 3.63) is 35.9 Å². The SMILES string of the molecule is CP(Cc1ccccc1)OC1CCCCO1. The maximum Gasteiger partial charge on any atom is 0.161 e. The Kier molecular flexibility index (Phi) is 4.77. The lowest BCUT2D eigenvalue weighted by Gasteiger charge is -2.25. The normalized spacial score (nSPS) is 22.9. The third kappa shape index (κ3) is 3.86. The highest BCUT2D eigenvalue weighted by molar-refractivity contribution is 7.50. The first-order valence-corrected chi connectivity index (χ1v) is 7.77. The van der Waals surface area contributed by atoms with E-state index in [1.54, 1.807) is 0 Å². The van der Waals surface area contributed by atoms with Crippen LogP contribution in [0, 0.1) is 0 Å². The lowest BCUT2D eigenvalue weighted by atomic mass is 10.2. The van der Waals surface area contributed by atoms with Gasteiger partial charge in [0, 0.05) is 20.9 Å². The summed E-state index contributed by atoms with van der Waals surface area (Å²) in [7, 11) is -0.405. The fraction of sp³-hybridized carbons (Fsp3) is 0.538. The van der Waals surface area contributed by atoms with E-state index in [1.165, 1.54) is 18.4 Å². The number of rotatable bonds is 4. The molecule has 1 fully saturated rings. The minimum absolute atomic E-state index is 0.0496. The third-order valence-corrected chi connectivity index (χ3v) is 4.09. The van der Waals surface area contributed by atoms with Gasteiger partial charge in [0.2, 0.25) is 0 Å². The number of ether oxygens (including phenoxy) is 1. The molecule has 1 saturated heterocycles. The Balaban J connectivity index is 1.77. The molecule has 0 bridgehead atoms. The molecule has 1 aliphatic rings. The van der Waals surface area contributed by atoms with Gasteiger partial charge in [-0.1, -0.05) is 30.3 Å². The van der Waals surface area contributed by atoms with E-state index in [-0.39, 0.29) is 6.29 Å². The summed E-state index contributed by atoms with van der Waals surface area (Å²) in [5, 5.41) is 0. The molecule has 2 rings (SSSR count). The molecule has 0 N–H and O–H groups in total. The van der Waals surface area contributed by atoms with Crippen LogP contribution in [0.2, 0.25) is 0 Å². The van der Waals surface area contributed by atoms with Crippen LogP contribution in [0.15, 0.2) is 30.3 Å². The maximum absolute atomic E-state index is 5.94. The summed E-state index contributed by atoms with van der Waals surface area (Å²) in [6.07, 6.45) is 4.55. The molecule has 1 aromatic rings. The summed E-state index contributed by atoms with van der Waals surface area (Å²) in [5.41, 5.74) is 1.35. The maximum atomic E-state index is 5.94. The van der Waals surface area contributed by atoms with Crippen LogP contribution in [0.5, 0.6) is 0 Å². The first-order valence-electron chi connectivity index (χ1n) is 5.88. The largest absolute Gasteiger partial charge is 0.352 e. The number of hydrogen-bond acceptors (Lipinski definition) is 2. The second kappa shape index (κ2) is 6.34. The highest BCUT2D eigenvalue weighted by Gasteiger charge is 2.17. The zero-order valence-corrected chi connectivity index (χ0v) is 10.7. The van der Waals surface area contributed by atoms with Crippen LogP contribution in [0.4, 0.5) is 0 Å². The lowest BCUT2D eigenvalue weighted by Crippen LogP contribution is -2.20. The molecule has 16 heavy (non-hydrogen) atoms. The van der Waals surface area contributed by atoms with Gasteiger partial charge < -0.3 is 9.26 Å². The molecule has 3 heteroatoms. The zero-order valence-electron chi connectivity index (χ0n) is 9.76. The summed E-state index contributed by atoms with van der Waals surface area (Å²) < 4.78 is 11.5. The first-order chi connectivity index (χ1) is 7.84. The van der Waals surface area contributed by atoms with E-state index in [0.29, 0.717) is 0 Å². The molecular formula is C13H19O2P. The minimum atomic E-state index is -0.405. The Morgan fingerprint density at radius 1 is 1.31 bits per heavy atom. The van der Waals surface area contributed by atoms with Crippen LogP contribution in [-0.4, -0.2) is 19.6 Å². The van der Waals surface area contributed by atoms with E-state index >= 15 is 0 Å². The van der Waals surface area contributed by atoms with Crippen LogP contribution in [0.3, 0.4) is 0 Å². The van der Waals surface area contributed by atoms with Crippen molar-refractivity contribution in [2.24, 2.45) is 0 Å². The highest BCUT2D eigenvalue weighted by Crippen LogP contribution is 2.39. The van der Waals surface area contributed by atoms with Gasteiger partial charge >= 0.3 is 0 Å². The topological polar surface area (TPSA) is 18.5 Å². The standard InChI is InChI=1S/C13H19O2P/c1-16(11-12-7-3-2-4-8-12)15-13-9-5-6-10-14-13/h2-4,7-8,13H,5-6,9-11H2,1H3. The molecule has 0 aliphatic carbocycles. The van der Waals surface area contributed by atoms with Crippen molar-refractivity contribution >= 4 is 8.15 Å². The van der Waals surface area contributed by atoms with Gasteiger partial charge in [0.15, 0.2) is 6.29 Å². The molecule has 0 radical (unpaired) electrons. The number of hydrogen-bond donors (Lipinski definition) is 0. The summed E-state index contributed by atoms with van der Waals surface area (Å²) in [5.74, 6) is 0. The van der Waals surface area contributed by atoms with Crippen LogP contribution in [-0.2, 0) is 15.4 Å². The van der Waals surface area contributed by atoms with Crippen LogP contribution < -0.4 is 0 Å². The fourth-order valence-corrected chi connectivity index (χ4v) is 3.24. The van der Waals surface area contributed by atoms with Crippen LogP contribution in [0.25, 0.3) is 0 Å². The second-order valence-corrected chi connectivity index (χ2v) is 5.96. The molecule has 0 aromatic heterocycles. The third-order valence-electron chi connectivity index (χ3n) is 2.68. The molecule has 2 nitrogen and oxygen atoms in total. The Hall–Kier alpha value is -0.430. The molecule has 0 amide bonds. The van der Waals surface area contributed by atoms with Gasteiger partial charge in [0.05, 0.1) is 0 Å². The smallest absolute Gasteiger partial charge is 0.161 e. The predicted octanol–water partition coefficient (Wildman–Crippen LogP) is 3.76. The van der Waals surface area contributed by atoms with Crippen molar-refractivity contribution < 1.29 is 9.26 Å². The Bertz CT molecular complexity index is 296. The monoisotopic (exact) mass is 238 g/mol. The van der Waals surface area contributed by atoms with Crippen molar-refractivity contribution in [3.8, 4) is 0 Å². The van der Waals surface area contributed by atoms with E-state index < -0.39 is 8.15 Å². The van der Waals surface area contributed by atoms with Gasteiger partial charge in [-0.05, 0) is 31.5 Å². The van der Waals surface area contributed by atoms with Crippen LogP contribution >= 0.6 is 8.15 Å². The van der Waals surface area contributed by atoms with Crippen molar-refractivity contribution in [3.63, 3.8) is 0 Å². The summed E-state index contributed by atoms with van der Waals surface area (Å²) in [6.45, 7) is 3.04.